The summed E-state index contributed by atoms with van der Waals surface area (Å²) in [4.78, 5) is 8.36. The molecule has 15 heavy (non-hydrogen) atoms. The minimum absolute atomic E-state index is 0.0888. The Hall–Kier alpha value is -0.283. The largest absolute Gasteiger partial charge is 0.438 e. The van der Waals surface area contributed by atoms with Gasteiger partial charge in [0.2, 0.25) is 0 Å². The van der Waals surface area contributed by atoms with Gasteiger partial charge in [-0.1, -0.05) is 6.42 Å². The van der Waals surface area contributed by atoms with Crippen LogP contribution >= 0.6 is 0 Å². The minimum atomic E-state index is -5.75. The summed E-state index contributed by atoms with van der Waals surface area (Å²) in [7, 11) is -1.59. The first-order valence-corrected chi connectivity index (χ1v) is 5.66. The first-order chi connectivity index (χ1) is 6.56. The van der Waals surface area contributed by atoms with E-state index >= 15 is 0 Å². The van der Waals surface area contributed by atoms with Gasteiger partial charge in [-0.3, -0.25) is 0 Å². The van der Waals surface area contributed by atoms with Crippen LogP contribution < -0.4 is 0 Å². The topological polar surface area (TPSA) is 40.5 Å². The number of rotatable bonds is 4. The van der Waals surface area contributed by atoms with Gasteiger partial charge in [0, 0.05) is 0 Å². The molecule has 0 fully saturated rings. The fraction of sp³-hybridized carbons (Fsp3) is 1.00. The normalized spacial score (nSPS) is 15.2. The van der Waals surface area contributed by atoms with E-state index in [0.29, 0.717) is 0 Å². The summed E-state index contributed by atoms with van der Waals surface area (Å²) < 4.78 is 72.0. The predicted molar refractivity (Wildman–Crippen MR) is 41.9 cm³/mol. The Morgan fingerprint density at radius 2 is 1.33 bits per heavy atom. The molecule has 92 valence electrons. The molecule has 0 aromatic rings. The Labute approximate surface area is 83.8 Å². The molecule has 0 saturated heterocycles. The van der Waals surface area contributed by atoms with Crippen molar-refractivity contribution in [3.63, 3.8) is 0 Å². The molecule has 9 heteroatoms. The van der Waals surface area contributed by atoms with Crippen LogP contribution in [-0.4, -0.2) is 37.6 Å². The molecule has 0 amide bonds. The molecule has 0 unspecified atom stereocenters. The molecule has 2 nitrogen and oxygen atoms in total. The van der Waals surface area contributed by atoms with Crippen LogP contribution in [0.4, 0.5) is 26.3 Å². The van der Waals surface area contributed by atoms with Crippen LogP contribution in [0.3, 0.4) is 0 Å². The summed E-state index contributed by atoms with van der Waals surface area (Å²) >= 11 is 0. The van der Waals surface area contributed by atoms with Crippen LogP contribution in [0.5, 0.6) is 0 Å². The molecule has 0 aliphatic rings. The van der Waals surface area contributed by atoms with Gasteiger partial charge in [-0.15, -0.1) is 0 Å². The molecule has 0 saturated carbocycles. The number of hydrogen-bond donors (Lipinski definition) is 2. The highest BCUT2D eigenvalue weighted by molar-refractivity contribution is 6.25. The molecule has 0 rings (SSSR count). The summed E-state index contributed by atoms with van der Waals surface area (Å²) in [5.41, 5.74) is -4.66. The summed E-state index contributed by atoms with van der Waals surface area (Å²) in [5, 5.41) is 8.59. The first kappa shape index (κ1) is 14.7. The summed E-state index contributed by atoms with van der Waals surface area (Å²) in [6.07, 6.45) is -13.5. The second-order valence-electron chi connectivity index (χ2n) is 3.04. The van der Waals surface area contributed by atoms with E-state index < -0.39 is 40.6 Å². The lowest BCUT2D eigenvalue weighted by Gasteiger charge is -2.32. The average molecular weight is 256 g/mol. The van der Waals surface area contributed by atoms with Crippen molar-refractivity contribution >= 4 is 9.76 Å². The highest BCUT2D eigenvalue weighted by Gasteiger charge is 2.69. The monoisotopic (exact) mass is 256 g/mol. The van der Waals surface area contributed by atoms with E-state index in [0.717, 1.165) is 0 Å². The van der Waals surface area contributed by atoms with E-state index in [1.54, 1.807) is 0 Å². The molecule has 0 aliphatic heterocycles. The van der Waals surface area contributed by atoms with Gasteiger partial charge >= 0.3 is 12.4 Å². The van der Waals surface area contributed by atoms with Crippen molar-refractivity contribution in [3.05, 3.63) is 0 Å². The van der Waals surface area contributed by atoms with Crippen molar-refractivity contribution in [1.82, 2.24) is 0 Å². The number of hydrogen-bond acceptors (Lipinski definition) is 2. The van der Waals surface area contributed by atoms with Crippen molar-refractivity contribution in [1.29, 1.82) is 0 Å². The molecule has 0 radical (unpaired) electrons. The molecule has 0 aliphatic carbocycles. The van der Waals surface area contributed by atoms with E-state index in [1.165, 1.54) is 0 Å². The maximum Gasteiger partial charge on any atom is 0.426 e. The van der Waals surface area contributed by atoms with Crippen LogP contribution in [0.15, 0.2) is 0 Å². The van der Waals surface area contributed by atoms with Crippen molar-refractivity contribution < 1.29 is 36.2 Å². The predicted octanol–water partition coefficient (Wildman–Crippen LogP) is 1.12. The fourth-order valence-electron chi connectivity index (χ4n) is 0.937. The van der Waals surface area contributed by atoms with Crippen LogP contribution in [0.2, 0.25) is 6.04 Å². The molecular weight excluding hydrogens is 246 g/mol. The fourth-order valence-corrected chi connectivity index (χ4v) is 1.41. The molecule has 2 N–H and O–H groups in total. The number of aliphatic hydroxyl groups is 1. The van der Waals surface area contributed by atoms with Gasteiger partial charge in [0.1, 0.15) is 0 Å². The third kappa shape index (κ3) is 3.35. The van der Waals surface area contributed by atoms with Crippen LogP contribution in [0, 0.1) is 0 Å². The van der Waals surface area contributed by atoms with E-state index in [2.05, 4.69) is 0 Å². The Bertz CT molecular complexity index is 187. The zero-order chi connectivity index (χ0) is 12.3. The SMILES string of the molecule is O[SiH2]CCCC(O)(C(F)(F)F)C(F)(F)F. The standard InChI is InChI=1S/C6H10F6O2Si/c7-5(8,9)4(13,6(10,11)12)2-1-3-15-14/h13-14H,1-3,15H2. The first-order valence-electron chi connectivity index (χ1n) is 4.03. The molecule has 0 heterocycles. The number of alkyl halides is 6. The smallest absolute Gasteiger partial charge is 0.426 e. The third-order valence-corrected chi connectivity index (χ3v) is 2.70. The molecule has 0 aromatic carbocycles. The van der Waals surface area contributed by atoms with Crippen molar-refractivity contribution in [3.8, 4) is 0 Å². The quantitative estimate of drug-likeness (QED) is 0.449. The lowest BCUT2D eigenvalue weighted by Crippen LogP contribution is -2.56. The van der Waals surface area contributed by atoms with Gasteiger partial charge in [0.05, 0.1) is 0 Å². The van der Waals surface area contributed by atoms with Gasteiger partial charge in [-0.2, -0.15) is 26.3 Å². The average Bonchev–Trinajstić information content (AvgIpc) is 2.00. The maximum absolute atomic E-state index is 12.0. The lowest BCUT2D eigenvalue weighted by molar-refractivity contribution is -0.369. The maximum atomic E-state index is 12.0. The van der Waals surface area contributed by atoms with Gasteiger partial charge in [-0.05, 0) is 12.5 Å². The van der Waals surface area contributed by atoms with Gasteiger partial charge in [0.25, 0.3) is 5.60 Å². The Morgan fingerprint density at radius 3 is 1.60 bits per heavy atom. The summed E-state index contributed by atoms with van der Waals surface area (Å²) in [6.45, 7) is 0. The molecule has 0 bridgehead atoms. The second kappa shape index (κ2) is 4.70. The van der Waals surface area contributed by atoms with E-state index in [9.17, 15) is 26.3 Å². The van der Waals surface area contributed by atoms with Crippen LogP contribution in [0.1, 0.15) is 12.8 Å². The van der Waals surface area contributed by atoms with Gasteiger partial charge in [-0.25, -0.2) is 0 Å². The lowest BCUT2D eigenvalue weighted by atomic mass is 9.97. The minimum Gasteiger partial charge on any atom is -0.438 e. The van der Waals surface area contributed by atoms with Crippen molar-refractivity contribution in [2.75, 3.05) is 0 Å². The van der Waals surface area contributed by atoms with Gasteiger partial charge < -0.3 is 9.90 Å². The zero-order valence-electron chi connectivity index (χ0n) is 7.49. The van der Waals surface area contributed by atoms with Crippen LogP contribution in [0.25, 0.3) is 0 Å². The molecule has 0 aromatic heterocycles. The summed E-state index contributed by atoms with van der Waals surface area (Å²) in [5.74, 6) is 0. The number of halogens is 6. The molecule has 0 spiro atoms. The Balaban J connectivity index is 4.74. The zero-order valence-corrected chi connectivity index (χ0v) is 8.90. The van der Waals surface area contributed by atoms with Crippen molar-refractivity contribution in [2.45, 2.75) is 36.8 Å². The van der Waals surface area contributed by atoms with Crippen molar-refractivity contribution in [2.24, 2.45) is 0 Å². The second-order valence-corrected chi connectivity index (χ2v) is 4.19. The van der Waals surface area contributed by atoms with E-state index in [4.69, 9.17) is 9.90 Å². The Kier molecular flexibility index (Phi) is 4.61. The highest BCUT2D eigenvalue weighted by atomic mass is 28.2. The highest BCUT2D eigenvalue weighted by Crippen LogP contribution is 2.45. The van der Waals surface area contributed by atoms with E-state index in [1.807, 2.05) is 0 Å². The summed E-state index contributed by atoms with van der Waals surface area (Å²) in [6, 6.07) is -0.0888. The van der Waals surface area contributed by atoms with Crippen LogP contribution in [-0.2, 0) is 0 Å². The third-order valence-electron chi connectivity index (χ3n) is 1.88. The molecule has 0 atom stereocenters. The molecular formula is C6H10F6O2Si. The Morgan fingerprint density at radius 1 is 0.933 bits per heavy atom. The van der Waals surface area contributed by atoms with E-state index in [-0.39, 0.29) is 6.04 Å². The van der Waals surface area contributed by atoms with Gasteiger partial charge in [0.15, 0.2) is 9.76 Å².